The molecule has 144 valence electrons. The summed E-state index contributed by atoms with van der Waals surface area (Å²) < 4.78 is 6.70. The van der Waals surface area contributed by atoms with Gasteiger partial charge in [-0.1, -0.05) is 31.9 Å². The summed E-state index contributed by atoms with van der Waals surface area (Å²) in [6, 6.07) is 8.07. The van der Waals surface area contributed by atoms with Crippen molar-refractivity contribution in [1.82, 2.24) is 5.32 Å². The molecule has 0 radical (unpaired) electrons. The number of benzene rings is 1. The zero-order chi connectivity index (χ0) is 19.4. The molecule has 1 aliphatic carbocycles. The molecule has 1 aromatic rings. The third-order valence-corrected chi connectivity index (χ3v) is 5.90. The predicted octanol–water partition coefficient (Wildman–Crippen LogP) is 4.99. The van der Waals surface area contributed by atoms with Gasteiger partial charge in [-0.15, -0.1) is 0 Å². The Morgan fingerprint density at radius 1 is 1.22 bits per heavy atom. The first-order chi connectivity index (χ1) is 13.0. The van der Waals surface area contributed by atoms with E-state index in [1.807, 2.05) is 31.2 Å². The lowest BCUT2D eigenvalue weighted by Crippen LogP contribution is -2.34. The number of halogens is 1. The van der Waals surface area contributed by atoms with E-state index in [1.165, 1.54) is 0 Å². The van der Waals surface area contributed by atoms with Crippen molar-refractivity contribution in [3.8, 4) is 0 Å². The minimum Gasteiger partial charge on any atom is -0.462 e. The third kappa shape index (κ3) is 4.45. The van der Waals surface area contributed by atoms with Gasteiger partial charge in [0.05, 0.1) is 12.2 Å². The van der Waals surface area contributed by atoms with Crippen molar-refractivity contribution in [1.29, 1.82) is 0 Å². The molecule has 0 fully saturated rings. The molecule has 1 atom stereocenters. The van der Waals surface area contributed by atoms with Crippen LogP contribution in [-0.2, 0) is 14.3 Å². The van der Waals surface area contributed by atoms with E-state index in [0.29, 0.717) is 18.6 Å². The van der Waals surface area contributed by atoms with Crippen LogP contribution in [0.5, 0.6) is 0 Å². The van der Waals surface area contributed by atoms with Gasteiger partial charge in [-0.25, -0.2) is 4.79 Å². The number of unbranched alkanes of at least 4 members (excludes halogenated alkanes) is 2. The van der Waals surface area contributed by atoms with Gasteiger partial charge in [0.25, 0.3) is 0 Å². The molecule has 1 heterocycles. The zero-order valence-corrected chi connectivity index (χ0v) is 18.1. The lowest BCUT2D eigenvalue weighted by molar-refractivity contribution is -0.139. The van der Waals surface area contributed by atoms with E-state index in [9.17, 15) is 9.59 Å². The van der Waals surface area contributed by atoms with E-state index in [0.717, 1.165) is 58.2 Å². The topological polar surface area (TPSA) is 55.4 Å². The molecular formula is C22H26INO3. The highest BCUT2D eigenvalue weighted by Crippen LogP contribution is 2.42. The van der Waals surface area contributed by atoms with Crippen LogP contribution in [0.4, 0.5) is 0 Å². The number of nitrogens with one attached hydrogen (secondary N) is 1. The molecule has 1 aliphatic heterocycles. The summed E-state index contributed by atoms with van der Waals surface area (Å²) in [4.78, 5) is 25.7. The normalized spacial score (nSPS) is 19.7. The SMILES string of the molecule is CCCCCOC(=O)C1=C(C)NC2=C(C(=O)CCC2)[C@H]1c1ccc(I)cc1. The molecule has 4 nitrogen and oxygen atoms in total. The first-order valence-electron chi connectivity index (χ1n) is 9.69. The first kappa shape index (κ1) is 20.1. The molecule has 1 N–H and O–H groups in total. The molecule has 5 heteroatoms. The summed E-state index contributed by atoms with van der Waals surface area (Å²) in [5.41, 5.74) is 4.05. The van der Waals surface area contributed by atoms with E-state index >= 15 is 0 Å². The number of Topliss-reactive ketones (excluding diaryl/α,β-unsaturated/α-hetero) is 1. The molecule has 0 spiro atoms. The first-order valence-corrected chi connectivity index (χ1v) is 10.8. The fourth-order valence-corrected chi connectivity index (χ4v) is 4.20. The maximum atomic E-state index is 12.9. The minimum atomic E-state index is -0.343. The van der Waals surface area contributed by atoms with Gasteiger partial charge >= 0.3 is 5.97 Å². The van der Waals surface area contributed by atoms with Gasteiger partial charge in [-0.3, -0.25) is 4.79 Å². The van der Waals surface area contributed by atoms with Crippen LogP contribution < -0.4 is 5.32 Å². The molecule has 0 aromatic heterocycles. The van der Waals surface area contributed by atoms with Crippen LogP contribution in [0.2, 0.25) is 0 Å². The van der Waals surface area contributed by atoms with Crippen molar-refractivity contribution in [3.05, 3.63) is 55.9 Å². The number of esters is 1. The van der Waals surface area contributed by atoms with E-state index in [4.69, 9.17) is 4.74 Å². The van der Waals surface area contributed by atoms with Crippen molar-refractivity contribution in [2.45, 2.75) is 58.3 Å². The van der Waals surface area contributed by atoms with Gasteiger partial charge in [0.15, 0.2) is 5.78 Å². The molecular weight excluding hydrogens is 453 g/mol. The van der Waals surface area contributed by atoms with Crippen molar-refractivity contribution in [2.24, 2.45) is 0 Å². The smallest absolute Gasteiger partial charge is 0.336 e. The maximum absolute atomic E-state index is 12.9. The Balaban J connectivity index is 1.97. The van der Waals surface area contributed by atoms with Crippen LogP contribution >= 0.6 is 22.6 Å². The summed E-state index contributed by atoms with van der Waals surface area (Å²) in [6.45, 7) is 4.45. The number of carbonyl (C=O) groups excluding carboxylic acids is 2. The monoisotopic (exact) mass is 479 g/mol. The van der Waals surface area contributed by atoms with Gasteiger partial charge in [0.2, 0.25) is 0 Å². The Hall–Kier alpha value is -1.63. The lowest BCUT2D eigenvalue weighted by atomic mass is 9.75. The van der Waals surface area contributed by atoms with Crippen molar-refractivity contribution >= 4 is 34.3 Å². The highest BCUT2D eigenvalue weighted by molar-refractivity contribution is 14.1. The van der Waals surface area contributed by atoms with E-state index < -0.39 is 0 Å². The van der Waals surface area contributed by atoms with Crippen LogP contribution in [0.1, 0.15) is 63.9 Å². The largest absolute Gasteiger partial charge is 0.462 e. The number of hydrogen-bond donors (Lipinski definition) is 1. The molecule has 0 amide bonds. The highest BCUT2D eigenvalue weighted by Gasteiger charge is 2.38. The van der Waals surface area contributed by atoms with E-state index in [-0.39, 0.29) is 17.7 Å². The van der Waals surface area contributed by atoms with Gasteiger partial charge in [-0.05, 0) is 66.5 Å². The third-order valence-electron chi connectivity index (χ3n) is 5.18. The standard InChI is InChI=1S/C22H26INO3/c1-3-4-5-13-27-22(26)19-14(2)24-17-7-6-8-18(25)21(17)20(19)15-9-11-16(23)12-10-15/h9-12,20,24H,3-8,13H2,1-2H3/t20-/m0/s1. The quantitative estimate of drug-likeness (QED) is 0.355. The molecule has 0 unspecified atom stereocenters. The fraction of sp³-hybridized carbons (Fsp3) is 0.455. The lowest BCUT2D eigenvalue weighted by Gasteiger charge is -2.34. The second-order valence-electron chi connectivity index (χ2n) is 7.16. The second kappa shape index (κ2) is 9.04. The van der Waals surface area contributed by atoms with Gasteiger partial charge in [0, 0.05) is 32.9 Å². The number of dihydropyridines is 1. The Kier molecular flexibility index (Phi) is 6.73. The molecule has 0 bridgehead atoms. The van der Waals surface area contributed by atoms with Crippen LogP contribution in [0, 0.1) is 3.57 Å². The summed E-state index contributed by atoms with van der Waals surface area (Å²) in [7, 11) is 0. The molecule has 2 aliphatic rings. The van der Waals surface area contributed by atoms with Crippen LogP contribution in [0.3, 0.4) is 0 Å². The molecule has 0 saturated carbocycles. The number of ether oxygens (including phenoxy) is 1. The highest BCUT2D eigenvalue weighted by atomic mass is 127. The fourth-order valence-electron chi connectivity index (χ4n) is 3.84. The van der Waals surface area contributed by atoms with Crippen LogP contribution in [-0.4, -0.2) is 18.4 Å². The number of carbonyl (C=O) groups is 2. The summed E-state index contributed by atoms with van der Waals surface area (Å²) >= 11 is 2.26. The van der Waals surface area contributed by atoms with E-state index in [2.05, 4.69) is 34.8 Å². The van der Waals surface area contributed by atoms with Crippen LogP contribution in [0.15, 0.2) is 46.8 Å². The van der Waals surface area contributed by atoms with Gasteiger partial charge in [-0.2, -0.15) is 0 Å². The van der Waals surface area contributed by atoms with Crippen molar-refractivity contribution in [3.63, 3.8) is 0 Å². The Labute approximate surface area is 174 Å². The van der Waals surface area contributed by atoms with Crippen LogP contribution in [0.25, 0.3) is 0 Å². The molecule has 0 saturated heterocycles. The average molecular weight is 479 g/mol. The predicted molar refractivity (Wildman–Crippen MR) is 114 cm³/mol. The molecule has 3 rings (SSSR count). The molecule has 1 aromatic carbocycles. The zero-order valence-electron chi connectivity index (χ0n) is 15.9. The van der Waals surface area contributed by atoms with Gasteiger partial charge in [0.1, 0.15) is 0 Å². The second-order valence-corrected chi connectivity index (χ2v) is 8.41. The van der Waals surface area contributed by atoms with Crippen molar-refractivity contribution < 1.29 is 14.3 Å². The summed E-state index contributed by atoms with van der Waals surface area (Å²) in [5.74, 6) is -0.523. The Morgan fingerprint density at radius 2 is 1.96 bits per heavy atom. The molecule has 27 heavy (non-hydrogen) atoms. The maximum Gasteiger partial charge on any atom is 0.336 e. The Bertz CT molecular complexity index is 792. The number of ketones is 1. The number of allylic oxidation sites excluding steroid dienone is 3. The summed E-state index contributed by atoms with van der Waals surface area (Å²) in [5, 5.41) is 3.33. The number of hydrogen-bond acceptors (Lipinski definition) is 4. The average Bonchev–Trinajstić information content (AvgIpc) is 2.65. The van der Waals surface area contributed by atoms with E-state index in [1.54, 1.807) is 0 Å². The van der Waals surface area contributed by atoms with Gasteiger partial charge < -0.3 is 10.1 Å². The summed E-state index contributed by atoms with van der Waals surface area (Å²) in [6.07, 6.45) is 5.23. The Morgan fingerprint density at radius 3 is 2.67 bits per heavy atom. The number of rotatable bonds is 6. The van der Waals surface area contributed by atoms with Crippen molar-refractivity contribution in [2.75, 3.05) is 6.61 Å². The minimum absolute atomic E-state index is 0.135.